The van der Waals surface area contributed by atoms with E-state index in [2.05, 4.69) is 61.6 Å². The highest BCUT2D eigenvalue weighted by molar-refractivity contribution is 5.66. The third-order valence-electron chi connectivity index (χ3n) is 3.92. The molecule has 0 aliphatic carbocycles. The second-order valence-corrected chi connectivity index (χ2v) is 4.95. The van der Waals surface area contributed by atoms with E-state index >= 15 is 0 Å². The Bertz CT molecular complexity index is 467. The van der Waals surface area contributed by atoms with Crippen LogP contribution in [0.3, 0.4) is 0 Å². The molecule has 84 valence electrons. The number of rotatable bonds is 0. The number of anilines is 1. The van der Waals surface area contributed by atoms with Crippen molar-refractivity contribution in [3.63, 3.8) is 0 Å². The highest BCUT2D eigenvalue weighted by atomic mass is 16.7. The van der Waals surface area contributed by atoms with E-state index in [1.807, 2.05) is 6.20 Å². The van der Waals surface area contributed by atoms with Gasteiger partial charge < -0.3 is 4.90 Å². The molecule has 16 heavy (non-hydrogen) atoms. The molecular weight excluding hydrogens is 200 g/mol. The van der Waals surface area contributed by atoms with E-state index in [1.165, 1.54) is 11.3 Å². The van der Waals surface area contributed by atoms with Gasteiger partial charge in [-0.15, -0.1) is 0 Å². The predicted octanol–water partition coefficient (Wildman–Crippen LogP) is 2.16. The quantitative estimate of drug-likeness (QED) is 0.719. The summed E-state index contributed by atoms with van der Waals surface area (Å²) in [5.41, 5.74) is 4.94. The van der Waals surface area contributed by atoms with Crippen LogP contribution in [0.25, 0.3) is 0 Å². The molecule has 0 unspecified atom stereocenters. The van der Waals surface area contributed by atoms with Crippen LogP contribution >= 0.6 is 0 Å². The van der Waals surface area contributed by atoms with E-state index in [0.717, 1.165) is 0 Å². The van der Waals surface area contributed by atoms with E-state index < -0.39 is 5.72 Å². The van der Waals surface area contributed by atoms with E-state index in [1.54, 1.807) is 0 Å². The van der Waals surface area contributed by atoms with Crippen LogP contribution in [-0.2, 0) is 10.3 Å². The molecule has 0 aromatic heterocycles. The third kappa shape index (κ3) is 0.877. The molecule has 2 heterocycles. The van der Waals surface area contributed by atoms with Crippen LogP contribution < -0.4 is 10.4 Å². The van der Waals surface area contributed by atoms with Gasteiger partial charge in [-0.2, -0.15) is 0 Å². The average Bonchev–Trinajstić information content (AvgIpc) is 2.83. The van der Waals surface area contributed by atoms with Crippen molar-refractivity contribution < 1.29 is 4.84 Å². The Kier molecular flexibility index (Phi) is 1.70. The zero-order valence-corrected chi connectivity index (χ0v) is 9.82. The van der Waals surface area contributed by atoms with Crippen molar-refractivity contribution in [3.8, 4) is 0 Å². The molecule has 0 amide bonds. The average molecular weight is 216 g/mol. The van der Waals surface area contributed by atoms with Crippen LogP contribution in [0.15, 0.2) is 36.5 Å². The summed E-state index contributed by atoms with van der Waals surface area (Å²) < 4.78 is 0. The van der Waals surface area contributed by atoms with Crippen LogP contribution in [-0.4, -0.2) is 12.8 Å². The summed E-state index contributed by atoms with van der Waals surface area (Å²) in [5, 5.41) is 0. The Labute approximate surface area is 95.7 Å². The SMILES string of the molecule is CN1c2ccccc2C(C)(C)[C@@]12C=CNO2. The van der Waals surface area contributed by atoms with E-state index in [4.69, 9.17) is 4.84 Å². The highest BCUT2D eigenvalue weighted by Gasteiger charge is 2.57. The summed E-state index contributed by atoms with van der Waals surface area (Å²) in [6.45, 7) is 4.43. The van der Waals surface area contributed by atoms with Crippen LogP contribution in [0.5, 0.6) is 0 Å². The lowest BCUT2D eigenvalue weighted by Crippen LogP contribution is -2.54. The molecule has 1 aromatic carbocycles. The first-order valence-corrected chi connectivity index (χ1v) is 5.54. The number of para-hydroxylation sites is 1. The maximum Gasteiger partial charge on any atom is 0.197 e. The number of benzene rings is 1. The molecular formula is C13H16N2O. The summed E-state index contributed by atoms with van der Waals surface area (Å²) in [4.78, 5) is 7.97. The van der Waals surface area contributed by atoms with Crippen LogP contribution in [0, 0.1) is 0 Å². The van der Waals surface area contributed by atoms with Crippen molar-refractivity contribution >= 4 is 5.69 Å². The molecule has 0 saturated heterocycles. The zero-order valence-electron chi connectivity index (χ0n) is 9.82. The van der Waals surface area contributed by atoms with Crippen molar-refractivity contribution in [2.45, 2.75) is 25.0 Å². The van der Waals surface area contributed by atoms with Crippen molar-refractivity contribution in [1.29, 1.82) is 0 Å². The second-order valence-electron chi connectivity index (χ2n) is 4.95. The molecule has 3 rings (SSSR count). The first kappa shape index (κ1) is 9.73. The number of fused-ring (bicyclic) bond motifs is 1. The molecule has 1 N–H and O–H groups in total. The molecule has 0 fully saturated rings. The maximum absolute atomic E-state index is 5.78. The Morgan fingerprint density at radius 1 is 1.25 bits per heavy atom. The van der Waals surface area contributed by atoms with Gasteiger partial charge in [-0.05, 0) is 17.7 Å². The molecule has 2 aliphatic rings. The van der Waals surface area contributed by atoms with Gasteiger partial charge in [0.25, 0.3) is 0 Å². The topological polar surface area (TPSA) is 24.5 Å². The van der Waals surface area contributed by atoms with Gasteiger partial charge in [0.15, 0.2) is 5.72 Å². The highest BCUT2D eigenvalue weighted by Crippen LogP contribution is 2.52. The lowest BCUT2D eigenvalue weighted by atomic mass is 9.78. The summed E-state index contributed by atoms with van der Waals surface area (Å²) >= 11 is 0. The van der Waals surface area contributed by atoms with Crippen LogP contribution in [0.4, 0.5) is 5.69 Å². The Morgan fingerprint density at radius 2 is 2.00 bits per heavy atom. The fourth-order valence-electron chi connectivity index (χ4n) is 2.91. The summed E-state index contributed by atoms with van der Waals surface area (Å²) in [7, 11) is 2.07. The number of hydroxylamine groups is 1. The predicted molar refractivity (Wildman–Crippen MR) is 64.0 cm³/mol. The second kappa shape index (κ2) is 2.80. The number of likely N-dealkylation sites (N-methyl/N-ethyl adjacent to an activating group) is 1. The smallest absolute Gasteiger partial charge is 0.197 e. The van der Waals surface area contributed by atoms with Crippen molar-refractivity contribution in [2.75, 3.05) is 11.9 Å². The molecule has 1 spiro atoms. The number of nitrogens with one attached hydrogen (secondary N) is 1. The van der Waals surface area contributed by atoms with Gasteiger partial charge in [0.2, 0.25) is 0 Å². The minimum atomic E-state index is -0.406. The largest absolute Gasteiger partial charge is 0.340 e. The molecule has 3 heteroatoms. The zero-order chi connectivity index (χ0) is 11.4. The first-order chi connectivity index (χ1) is 7.59. The van der Waals surface area contributed by atoms with Crippen LogP contribution in [0.1, 0.15) is 19.4 Å². The molecule has 0 bridgehead atoms. The van der Waals surface area contributed by atoms with E-state index in [-0.39, 0.29) is 5.41 Å². The Morgan fingerprint density at radius 3 is 2.62 bits per heavy atom. The molecule has 1 aromatic rings. The summed E-state index contributed by atoms with van der Waals surface area (Å²) in [6, 6.07) is 8.47. The molecule has 1 atom stereocenters. The lowest BCUT2D eigenvalue weighted by Gasteiger charge is -2.39. The number of hydrogen-bond acceptors (Lipinski definition) is 3. The minimum absolute atomic E-state index is 0.0711. The summed E-state index contributed by atoms with van der Waals surface area (Å²) in [5.74, 6) is 0. The molecule has 3 nitrogen and oxygen atoms in total. The van der Waals surface area contributed by atoms with Gasteiger partial charge in [-0.3, -0.25) is 5.48 Å². The maximum atomic E-state index is 5.78. The van der Waals surface area contributed by atoms with Gasteiger partial charge in [-0.25, -0.2) is 4.84 Å². The molecule has 0 saturated carbocycles. The Balaban J connectivity index is 2.25. The van der Waals surface area contributed by atoms with Gasteiger partial charge in [0.05, 0.1) is 0 Å². The van der Waals surface area contributed by atoms with Crippen molar-refractivity contribution in [2.24, 2.45) is 0 Å². The number of nitrogens with zero attached hydrogens (tertiary/aromatic N) is 1. The molecule has 2 aliphatic heterocycles. The first-order valence-electron chi connectivity index (χ1n) is 5.54. The fraction of sp³-hybridized carbons (Fsp3) is 0.385. The van der Waals surface area contributed by atoms with Gasteiger partial charge in [0, 0.05) is 24.4 Å². The van der Waals surface area contributed by atoms with Crippen LogP contribution in [0.2, 0.25) is 0 Å². The van der Waals surface area contributed by atoms with Gasteiger partial charge >= 0.3 is 0 Å². The standard InChI is InChI=1S/C13H16N2O/c1-12(2)10-6-4-5-7-11(10)15(3)13(12)8-9-14-16-13/h4-9,14H,1-3H3/t13-/m0/s1. The van der Waals surface area contributed by atoms with Gasteiger partial charge in [0.1, 0.15) is 0 Å². The monoisotopic (exact) mass is 216 g/mol. The lowest BCUT2D eigenvalue weighted by molar-refractivity contribution is -0.0700. The minimum Gasteiger partial charge on any atom is -0.340 e. The normalized spacial score (nSPS) is 29.6. The van der Waals surface area contributed by atoms with Gasteiger partial charge in [-0.1, -0.05) is 32.0 Å². The van der Waals surface area contributed by atoms with E-state index in [0.29, 0.717) is 0 Å². The molecule has 0 radical (unpaired) electrons. The van der Waals surface area contributed by atoms with Crippen molar-refractivity contribution in [1.82, 2.24) is 5.48 Å². The fourth-order valence-corrected chi connectivity index (χ4v) is 2.91. The van der Waals surface area contributed by atoms with Crippen molar-refractivity contribution in [3.05, 3.63) is 42.1 Å². The van der Waals surface area contributed by atoms with E-state index in [9.17, 15) is 0 Å². The Hall–Kier alpha value is -1.48. The summed E-state index contributed by atoms with van der Waals surface area (Å²) in [6.07, 6.45) is 3.96. The number of hydrogen-bond donors (Lipinski definition) is 1. The third-order valence-corrected chi connectivity index (χ3v) is 3.92.